The fourth-order valence-corrected chi connectivity index (χ4v) is 3.22. The van der Waals surface area contributed by atoms with Gasteiger partial charge in [-0.15, -0.1) is 0 Å². The van der Waals surface area contributed by atoms with Crippen molar-refractivity contribution >= 4 is 13.1 Å². The quantitative estimate of drug-likeness (QED) is 0.689. The summed E-state index contributed by atoms with van der Waals surface area (Å²) in [5, 5.41) is 9.39. The molecule has 0 radical (unpaired) electrons. The molecule has 0 spiro atoms. The first-order valence-electron chi connectivity index (χ1n) is 9.62. The van der Waals surface area contributed by atoms with Gasteiger partial charge >= 0.3 is 13.1 Å². The van der Waals surface area contributed by atoms with E-state index < -0.39 is 30.1 Å². The molecule has 1 aliphatic rings. The van der Waals surface area contributed by atoms with Crippen LogP contribution in [-0.2, 0) is 20.7 Å². The lowest BCUT2D eigenvalue weighted by atomic mass is 9.66. The summed E-state index contributed by atoms with van der Waals surface area (Å²) < 4.78 is 31.1. The molecule has 3 rings (SSSR count). The minimum Gasteiger partial charge on any atom is -0.489 e. The summed E-state index contributed by atoms with van der Waals surface area (Å²) in [7, 11) is -0.657. The van der Waals surface area contributed by atoms with E-state index in [1.807, 2.05) is 39.8 Å². The van der Waals surface area contributed by atoms with Crippen molar-refractivity contribution in [2.45, 2.75) is 57.7 Å². The van der Waals surface area contributed by atoms with E-state index in [0.717, 1.165) is 11.1 Å². The molecule has 0 aliphatic carbocycles. The Kier molecular flexibility index (Phi) is 6.01. The maximum absolute atomic E-state index is 13.3. The molecule has 0 saturated carbocycles. The minimum absolute atomic E-state index is 0.111. The third-order valence-corrected chi connectivity index (χ3v) is 5.60. The largest absolute Gasteiger partial charge is 0.489 e. The second-order valence-corrected chi connectivity index (χ2v) is 8.32. The summed E-state index contributed by atoms with van der Waals surface area (Å²) in [5.74, 6) is -1.07. The zero-order valence-electron chi connectivity index (χ0n) is 17.1. The van der Waals surface area contributed by atoms with Gasteiger partial charge in [0, 0.05) is 5.82 Å². The van der Waals surface area contributed by atoms with Gasteiger partial charge in [-0.2, -0.15) is 0 Å². The van der Waals surface area contributed by atoms with E-state index in [1.54, 1.807) is 24.3 Å². The third-order valence-electron chi connectivity index (χ3n) is 5.60. The standard InChI is InChI=1S/C22H26BFO5/c1-21(2)22(3,4)29-23(28-21)19(13-20(25)26)16-8-10-18(11-9-16)27-14-15-6-5-7-17(24)12-15/h5-12,19H,13-14H2,1-4H3,(H,25,26). The highest BCUT2D eigenvalue weighted by Gasteiger charge is 2.54. The number of carbonyl (C=O) groups is 1. The predicted molar refractivity (Wildman–Crippen MR) is 108 cm³/mol. The molecular weight excluding hydrogens is 374 g/mol. The lowest BCUT2D eigenvalue weighted by Crippen LogP contribution is -2.41. The second kappa shape index (κ2) is 8.16. The third kappa shape index (κ3) is 4.97. The Hall–Kier alpha value is -2.38. The van der Waals surface area contributed by atoms with Crippen molar-refractivity contribution in [1.29, 1.82) is 0 Å². The molecule has 29 heavy (non-hydrogen) atoms. The van der Waals surface area contributed by atoms with Crippen LogP contribution in [0.25, 0.3) is 0 Å². The van der Waals surface area contributed by atoms with Crippen molar-refractivity contribution < 1.29 is 28.3 Å². The summed E-state index contributed by atoms with van der Waals surface area (Å²) in [6.45, 7) is 8.00. The first kappa shape index (κ1) is 21.3. The number of carboxylic acid groups (broad SMARTS) is 1. The smallest absolute Gasteiger partial charge is 0.466 e. The summed E-state index contributed by atoms with van der Waals surface area (Å²) >= 11 is 0. The molecule has 2 aromatic rings. The van der Waals surface area contributed by atoms with Crippen LogP contribution in [0.4, 0.5) is 4.39 Å². The average molecular weight is 400 g/mol. The highest BCUT2D eigenvalue weighted by Crippen LogP contribution is 2.41. The van der Waals surface area contributed by atoms with Crippen molar-refractivity contribution in [3.63, 3.8) is 0 Å². The van der Waals surface area contributed by atoms with E-state index in [-0.39, 0.29) is 18.8 Å². The van der Waals surface area contributed by atoms with Gasteiger partial charge in [0.2, 0.25) is 0 Å². The average Bonchev–Trinajstić information content (AvgIpc) is 2.86. The number of hydrogen-bond donors (Lipinski definition) is 1. The lowest BCUT2D eigenvalue weighted by Gasteiger charge is -2.32. The molecule has 7 heteroatoms. The predicted octanol–water partition coefficient (Wildman–Crippen LogP) is 4.59. The molecule has 1 aliphatic heterocycles. The molecule has 0 amide bonds. The van der Waals surface area contributed by atoms with Crippen LogP contribution in [0.3, 0.4) is 0 Å². The topological polar surface area (TPSA) is 65.0 Å². The van der Waals surface area contributed by atoms with Crippen LogP contribution in [0.5, 0.6) is 5.75 Å². The number of halogens is 1. The van der Waals surface area contributed by atoms with Crippen LogP contribution in [0, 0.1) is 5.82 Å². The normalized spacial score (nSPS) is 18.4. The monoisotopic (exact) mass is 400 g/mol. The molecule has 1 atom stereocenters. The maximum atomic E-state index is 13.3. The van der Waals surface area contributed by atoms with Crippen molar-refractivity contribution in [3.8, 4) is 5.75 Å². The number of hydrogen-bond acceptors (Lipinski definition) is 4. The van der Waals surface area contributed by atoms with E-state index in [1.165, 1.54) is 12.1 Å². The summed E-state index contributed by atoms with van der Waals surface area (Å²) in [6, 6.07) is 13.4. The van der Waals surface area contributed by atoms with E-state index in [4.69, 9.17) is 14.0 Å². The van der Waals surface area contributed by atoms with E-state index in [9.17, 15) is 14.3 Å². The van der Waals surface area contributed by atoms with E-state index in [0.29, 0.717) is 5.75 Å². The molecule has 2 aromatic carbocycles. The van der Waals surface area contributed by atoms with Crippen LogP contribution in [0.1, 0.15) is 51.1 Å². The summed E-state index contributed by atoms with van der Waals surface area (Å²) in [5.41, 5.74) is 0.448. The molecule has 1 heterocycles. The Morgan fingerprint density at radius 2 is 1.72 bits per heavy atom. The minimum atomic E-state index is -0.920. The first-order valence-corrected chi connectivity index (χ1v) is 9.62. The fourth-order valence-electron chi connectivity index (χ4n) is 3.22. The number of carboxylic acids is 1. The Balaban J connectivity index is 1.73. The summed E-state index contributed by atoms with van der Waals surface area (Å²) in [6.07, 6.45) is -0.111. The summed E-state index contributed by atoms with van der Waals surface area (Å²) in [4.78, 5) is 11.4. The van der Waals surface area contributed by atoms with Gasteiger partial charge in [0.1, 0.15) is 18.2 Å². The van der Waals surface area contributed by atoms with Crippen molar-refractivity contribution in [2.75, 3.05) is 0 Å². The van der Waals surface area contributed by atoms with E-state index in [2.05, 4.69) is 0 Å². The molecule has 0 bridgehead atoms. The zero-order chi connectivity index (χ0) is 21.2. The zero-order valence-corrected chi connectivity index (χ0v) is 17.1. The van der Waals surface area contributed by atoms with Crippen LogP contribution >= 0.6 is 0 Å². The Bertz CT molecular complexity index is 850. The van der Waals surface area contributed by atoms with Crippen molar-refractivity contribution in [1.82, 2.24) is 0 Å². The molecule has 154 valence electrons. The van der Waals surface area contributed by atoms with Gasteiger partial charge in [0.05, 0.1) is 17.6 Å². The Morgan fingerprint density at radius 1 is 1.10 bits per heavy atom. The molecular formula is C22H26BFO5. The van der Waals surface area contributed by atoms with Crippen LogP contribution in [0.15, 0.2) is 48.5 Å². The first-order chi connectivity index (χ1) is 13.6. The molecule has 1 saturated heterocycles. The van der Waals surface area contributed by atoms with Crippen LogP contribution < -0.4 is 4.74 Å². The maximum Gasteiger partial charge on any atom is 0.466 e. The number of ether oxygens (including phenoxy) is 1. The molecule has 0 aromatic heterocycles. The van der Waals surface area contributed by atoms with Gasteiger partial charge in [-0.25, -0.2) is 4.39 Å². The van der Waals surface area contributed by atoms with Crippen molar-refractivity contribution in [2.24, 2.45) is 0 Å². The number of benzene rings is 2. The van der Waals surface area contributed by atoms with E-state index >= 15 is 0 Å². The highest BCUT2D eigenvalue weighted by molar-refractivity contribution is 6.48. The van der Waals surface area contributed by atoms with Crippen LogP contribution in [0.2, 0.25) is 0 Å². The Morgan fingerprint density at radius 3 is 2.28 bits per heavy atom. The van der Waals surface area contributed by atoms with Gasteiger partial charge < -0.3 is 19.2 Å². The molecule has 1 unspecified atom stereocenters. The van der Waals surface area contributed by atoms with Gasteiger partial charge in [-0.05, 0) is 63.1 Å². The van der Waals surface area contributed by atoms with Crippen LogP contribution in [-0.4, -0.2) is 29.4 Å². The van der Waals surface area contributed by atoms with Gasteiger partial charge in [0.15, 0.2) is 0 Å². The van der Waals surface area contributed by atoms with Crippen molar-refractivity contribution in [3.05, 3.63) is 65.5 Å². The second-order valence-electron chi connectivity index (χ2n) is 8.32. The molecule has 1 N–H and O–H groups in total. The molecule has 5 nitrogen and oxygen atoms in total. The molecule has 1 fully saturated rings. The number of rotatable bonds is 7. The van der Waals surface area contributed by atoms with Gasteiger partial charge in [-0.1, -0.05) is 24.3 Å². The van der Waals surface area contributed by atoms with Gasteiger partial charge in [0.25, 0.3) is 0 Å². The fraction of sp³-hybridized carbons (Fsp3) is 0.409. The highest BCUT2D eigenvalue weighted by atomic mass is 19.1. The lowest BCUT2D eigenvalue weighted by molar-refractivity contribution is -0.137. The SMILES string of the molecule is CC1(C)OB(C(CC(=O)O)c2ccc(OCc3cccc(F)c3)cc2)OC1(C)C. The number of aliphatic carboxylic acids is 1. The Labute approximate surface area is 170 Å². The van der Waals surface area contributed by atoms with Gasteiger partial charge in [-0.3, -0.25) is 4.79 Å².